The number of hydrogen-bond donors (Lipinski definition) is 2. The Balaban J connectivity index is 2.36. The molecule has 2 N–H and O–H groups in total. The van der Waals surface area contributed by atoms with Gasteiger partial charge < -0.3 is 10.4 Å². The molecular formula is C14H29NO. The molecule has 1 rings (SSSR count). The minimum absolute atomic E-state index is 0.480. The van der Waals surface area contributed by atoms with E-state index in [1.165, 1.54) is 32.1 Å². The molecule has 0 aromatic heterocycles. The van der Waals surface area contributed by atoms with Crippen LogP contribution in [0.15, 0.2) is 0 Å². The van der Waals surface area contributed by atoms with Crippen LogP contribution >= 0.6 is 0 Å². The van der Waals surface area contributed by atoms with Gasteiger partial charge in [0.15, 0.2) is 0 Å². The fourth-order valence-electron chi connectivity index (χ4n) is 2.91. The lowest BCUT2D eigenvalue weighted by Crippen LogP contribution is -2.41. The second-order valence-electron chi connectivity index (χ2n) is 5.73. The highest BCUT2D eigenvalue weighted by Gasteiger charge is 2.28. The first-order valence-electron chi connectivity index (χ1n) is 7.03. The molecule has 2 unspecified atom stereocenters. The molecule has 1 fully saturated rings. The van der Waals surface area contributed by atoms with E-state index in [0.29, 0.717) is 12.0 Å². The van der Waals surface area contributed by atoms with Crippen molar-refractivity contribution >= 4 is 0 Å². The number of piperidine rings is 1. The lowest BCUT2D eigenvalue weighted by Gasteiger charge is -2.33. The molecule has 0 bridgehead atoms. The van der Waals surface area contributed by atoms with Crippen molar-refractivity contribution in [2.75, 3.05) is 6.54 Å². The Hall–Kier alpha value is -0.0800. The summed E-state index contributed by atoms with van der Waals surface area (Å²) >= 11 is 0. The summed E-state index contributed by atoms with van der Waals surface area (Å²) in [4.78, 5) is 0. The van der Waals surface area contributed by atoms with Gasteiger partial charge in [0.05, 0.1) is 5.60 Å². The summed E-state index contributed by atoms with van der Waals surface area (Å²) in [5.41, 5.74) is -0.480. The van der Waals surface area contributed by atoms with Crippen LogP contribution in [-0.2, 0) is 0 Å². The van der Waals surface area contributed by atoms with Crippen LogP contribution in [0.1, 0.15) is 65.7 Å². The van der Waals surface area contributed by atoms with E-state index >= 15 is 0 Å². The number of hydrogen-bond acceptors (Lipinski definition) is 2. The molecule has 96 valence electrons. The largest absolute Gasteiger partial charge is 0.390 e. The van der Waals surface area contributed by atoms with E-state index < -0.39 is 5.60 Å². The molecule has 0 aromatic carbocycles. The highest BCUT2D eigenvalue weighted by Crippen LogP contribution is 2.27. The highest BCUT2D eigenvalue weighted by atomic mass is 16.3. The van der Waals surface area contributed by atoms with E-state index in [1.54, 1.807) is 0 Å². The molecule has 0 spiro atoms. The highest BCUT2D eigenvalue weighted by molar-refractivity contribution is 4.84. The van der Waals surface area contributed by atoms with Gasteiger partial charge in [0.25, 0.3) is 0 Å². The Labute approximate surface area is 101 Å². The normalized spacial score (nSPS) is 25.7. The van der Waals surface area contributed by atoms with Crippen molar-refractivity contribution in [3.63, 3.8) is 0 Å². The summed E-state index contributed by atoms with van der Waals surface area (Å²) in [7, 11) is 0. The maximum Gasteiger partial charge on any atom is 0.0637 e. The summed E-state index contributed by atoms with van der Waals surface area (Å²) in [6, 6.07) is 0.540. The fraction of sp³-hybridized carbons (Fsp3) is 1.00. The standard InChI is InChI=1S/C14H29NO/c1-4-12(5-2)10-14(3,16)11-13-8-6-7-9-15-13/h12-13,15-16H,4-11H2,1-3H3. The number of aliphatic hydroxyl groups is 1. The van der Waals surface area contributed by atoms with E-state index in [2.05, 4.69) is 19.2 Å². The van der Waals surface area contributed by atoms with Crippen molar-refractivity contribution < 1.29 is 5.11 Å². The van der Waals surface area contributed by atoms with E-state index in [0.717, 1.165) is 19.4 Å². The molecule has 0 amide bonds. The lowest BCUT2D eigenvalue weighted by molar-refractivity contribution is 0.0121. The molecule has 2 nitrogen and oxygen atoms in total. The van der Waals surface area contributed by atoms with E-state index in [1.807, 2.05) is 6.92 Å². The van der Waals surface area contributed by atoms with E-state index in [-0.39, 0.29) is 0 Å². The van der Waals surface area contributed by atoms with E-state index in [9.17, 15) is 5.11 Å². The van der Waals surface area contributed by atoms with Crippen LogP contribution in [0, 0.1) is 5.92 Å². The quantitative estimate of drug-likeness (QED) is 0.731. The third-order valence-corrected chi connectivity index (χ3v) is 3.98. The summed E-state index contributed by atoms with van der Waals surface area (Å²) in [6.07, 6.45) is 8.10. The van der Waals surface area contributed by atoms with Gasteiger partial charge in [0, 0.05) is 6.04 Å². The number of nitrogens with one attached hydrogen (secondary N) is 1. The monoisotopic (exact) mass is 227 g/mol. The smallest absolute Gasteiger partial charge is 0.0637 e. The first kappa shape index (κ1) is 14.0. The molecule has 1 aliphatic heterocycles. The maximum absolute atomic E-state index is 10.5. The second kappa shape index (κ2) is 6.61. The molecular weight excluding hydrogens is 198 g/mol. The van der Waals surface area contributed by atoms with Crippen LogP contribution < -0.4 is 5.32 Å². The predicted octanol–water partition coefficient (Wildman–Crippen LogP) is 3.10. The molecule has 0 aliphatic carbocycles. The Kier molecular flexibility index (Phi) is 5.77. The maximum atomic E-state index is 10.5. The minimum atomic E-state index is -0.480. The van der Waals surface area contributed by atoms with Crippen molar-refractivity contribution in [2.45, 2.75) is 77.4 Å². The average Bonchev–Trinajstić information content (AvgIpc) is 2.26. The molecule has 0 aromatic rings. The van der Waals surface area contributed by atoms with Gasteiger partial charge in [-0.3, -0.25) is 0 Å². The van der Waals surface area contributed by atoms with Crippen LogP contribution in [0.25, 0.3) is 0 Å². The Bertz CT molecular complexity index is 181. The van der Waals surface area contributed by atoms with Crippen molar-refractivity contribution in [1.82, 2.24) is 5.32 Å². The molecule has 2 heteroatoms. The van der Waals surface area contributed by atoms with Gasteiger partial charge in [0.2, 0.25) is 0 Å². The summed E-state index contributed by atoms with van der Waals surface area (Å²) in [5, 5.41) is 14.0. The van der Waals surface area contributed by atoms with Crippen LogP contribution in [0.5, 0.6) is 0 Å². The van der Waals surface area contributed by atoms with Gasteiger partial charge in [-0.15, -0.1) is 0 Å². The minimum Gasteiger partial charge on any atom is -0.390 e. The van der Waals surface area contributed by atoms with Crippen LogP contribution in [0.2, 0.25) is 0 Å². The zero-order valence-corrected chi connectivity index (χ0v) is 11.3. The number of rotatable bonds is 6. The topological polar surface area (TPSA) is 32.3 Å². The van der Waals surface area contributed by atoms with Gasteiger partial charge in [-0.2, -0.15) is 0 Å². The van der Waals surface area contributed by atoms with Gasteiger partial charge in [-0.1, -0.05) is 33.1 Å². The molecule has 1 aliphatic rings. The van der Waals surface area contributed by atoms with Crippen LogP contribution in [0.4, 0.5) is 0 Å². The molecule has 2 atom stereocenters. The Morgan fingerprint density at radius 3 is 2.50 bits per heavy atom. The zero-order chi connectivity index (χ0) is 12.0. The third kappa shape index (κ3) is 4.84. The third-order valence-electron chi connectivity index (χ3n) is 3.98. The van der Waals surface area contributed by atoms with E-state index in [4.69, 9.17) is 0 Å². The van der Waals surface area contributed by atoms with Gasteiger partial charge >= 0.3 is 0 Å². The molecule has 1 saturated heterocycles. The summed E-state index contributed by atoms with van der Waals surface area (Å²) < 4.78 is 0. The van der Waals surface area contributed by atoms with Crippen molar-refractivity contribution in [1.29, 1.82) is 0 Å². The Morgan fingerprint density at radius 2 is 2.00 bits per heavy atom. The van der Waals surface area contributed by atoms with Gasteiger partial charge in [0.1, 0.15) is 0 Å². The van der Waals surface area contributed by atoms with Gasteiger partial charge in [-0.05, 0) is 45.1 Å². The SMILES string of the molecule is CCC(CC)CC(C)(O)CC1CCCCN1. The van der Waals surface area contributed by atoms with Crippen molar-refractivity contribution in [3.8, 4) is 0 Å². The molecule has 0 saturated carbocycles. The molecule has 1 heterocycles. The first-order valence-corrected chi connectivity index (χ1v) is 7.03. The fourth-order valence-corrected chi connectivity index (χ4v) is 2.91. The van der Waals surface area contributed by atoms with Gasteiger partial charge in [-0.25, -0.2) is 0 Å². The average molecular weight is 227 g/mol. The second-order valence-corrected chi connectivity index (χ2v) is 5.73. The Morgan fingerprint density at radius 1 is 1.31 bits per heavy atom. The zero-order valence-electron chi connectivity index (χ0n) is 11.3. The summed E-state index contributed by atoms with van der Waals surface area (Å²) in [5.74, 6) is 0.679. The van der Waals surface area contributed by atoms with Crippen molar-refractivity contribution in [3.05, 3.63) is 0 Å². The lowest BCUT2D eigenvalue weighted by atomic mass is 9.83. The van der Waals surface area contributed by atoms with Crippen LogP contribution in [0.3, 0.4) is 0 Å². The van der Waals surface area contributed by atoms with Crippen LogP contribution in [-0.4, -0.2) is 23.3 Å². The van der Waals surface area contributed by atoms with Crippen molar-refractivity contribution in [2.24, 2.45) is 5.92 Å². The predicted molar refractivity (Wildman–Crippen MR) is 69.6 cm³/mol. The first-order chi connectivity index (χ1) is 7.57. The molecule has 16 heavy (non-hydrogen) atoms. The summed E-state index contributed by atoms with van der Waals surface area (Å²) in [6.45, 7) is 7.60. The molecule has 0 radical (unpaired) electrons.